The van der Waals surface area contributed by atoms with E-state index in [2.05, 4.69) is 10.2 Å². The Kier molecular flexibility index (Phi) is 2.71. The number of hydrogen-bond donors (Lipinski definition) is 1. The van der Waals surface area contributed by atoms with Gasteiger partial charge in [0.2, 0.25) is 5.89 Å². The van der Waals surface area contributed by atoms with E-state index in [1.165, 1.54) is 13.8 Å². The Morgan fingerprint density at radius 1 is 1.57 bits per heavy atom. The van der Waals surface area contributed by atoms with E-state index in [4.69, 9.17) is 9.68 Å². The second kappa shape index (κ2) is 3.63. The summed E-state index contributed by atoms with van der Waals surface area (Å²) < 4.78 is 29.3. The van der Waals surface area contributed by atoms with Crippen molar-refractivity contribution in [3.63, 3.8) is 0 Å². The standard InChI is InChI=1S/C6H8N4O3S/c1-4(3-7)14(11,12)10-6-9-8-5(2)13-6/h4H,1-2H3,(H,9,10). The summed E-state index contributed by atoms with van der Waals surface area (Å²) in [7, 11) is -3.76. The van der Waals surface area contributed by atoms with Gasteiger partial charge in [-0.25, -0.2) is 13.1 Å². The second-order valence-electron chi connectivity index (χ2n) is 2.54. The maximum absolute atomic E-state index is 11.3. The summed E-state index contributed by atoms with van der Waals surface area (Å²) in [5.74, 6) is 0.243. The van der Waals surface area contributed by atoms with Crippen LogP contribution in [0.3, 0.4) is 0 Å². The summed E-state index contributed by atoms with van der Waals surface area (Å²) in [6.45, 7) is 2.78. The quantitative estimate of drug-likeness (QED) is 0.763. The van der Waals surface area contributed by atoms with Crippen LogP contribution in [-0.2, 0) is 10.0 Å². The van der Waals surface area contributed by atoms with Crippen molar-refractivity contribution in [1.29, 1.82) is 5.26 Å². The first-order valence-electron chi connectivity index (χ1n) is 3.67. The maximum atomic E-state index is 11.3. The van der Waals surface area contributed by atoms with E-state index in [-0.39, 0.29) is 11.9 Å². The Morgan fingerprint density at radius 3 is 2.64 bits per heavy atom. The highest BCUT2D eigenvalue weighted by molar-refractivity contribution is 7.93. The summed E-state index contributed by atoms with van der Waals surface area (Å²) >= 11 is 0. The average Bonchev–Trinajstić information content (AvgIpc) is 2.48. The summed E-state index contributed by atoms with van der Waals surface area (Å²) in [5.41, 5.74) is 0. The van der Waals surface area contributed by atoms with Gasteiger partial charge in [-0.1, -0.05) is 5.10 Å². The molecule has 0 saturated heterocycles. The first-order chi connectivity index (χ1) is 6.45. The Balaban J connectivity index is 2.85. The third-order valence-electron chi connectivity index (χ3n) is 1.40. The molecule has 1 rings (SSSR count). The summed E-state index contributed by atoms with van der Waals surface area (Å²) in [6.07, 6.45) is 0. The molecule has 8 heteroatoms. The molecule has 76 valence electrons. The van der Waals surface area contributed by atoms with Crippen molar-refractivity contribution in [3.8, 4) is 6.07 Å². The van der Waals surface area contributed by atoms with Gasteiger partial charge in [-0.2, -0.15) is 5.26 Å². The summed E-state index contributed by atoms with van der Waals surface area (Å²) in [5, 5.41) is 14.1. The highest BCUT2D eigenvalue weighted by Crippen LogP contribution is 2.09. The molecule has 0 amide bonds. The third kappa shape index (κ3) is 2.20. The minimum Gasteiger partial charge on any atom is -0.408 e. The van der Waals surface area contributed by atoms with Crippen LogP contribution in [0.1, 0.15) is 12.8 Å². The number of aryl methyl sites for hydroxylation is 1. The van der Waals surface area contributed by atoms with Crippen LogP contribution in [0.4, 0.5) is 6.01 Å². The van der Waals surface area contributed by atoms with Crippen molar-refractivity contribution in [3.05, 3.63) is 5.89 Å². The monoisotopic (exact) mass is 216 g/mol. The Hall–Kier alpha value is -1.62. The molecule has 0 aliphatic heterocycles. The van der Waals surface area contributed by atoms with Crippen LogP contribution in [-0.4, -0.2) is 23.9 Å². The largest absolute Gasteiger partial charge is 0.408 e. The van der Waals surface area contributed by atoms with E-state index in [0.717, 1.165) is 0 Å². The van der Waals surface area contributed by atoms with Gasteiger partial charge >= 0.3 is 6.01 Å². The lowest BCUT2D eigenvalue weighted by Gasteiger charge is -2.03. The van der Waals surface area contributed by atoms with E-state index in [9.17, 15) is 8.42 Å². The Bertz CT molecular complexity index is 458. The number of nitrogens with zero attached hydrogens (tertiary/aromatic N) is 3. The molecule has 7 nitrogen and oxygen atoms in total. The number of nitrogens with one attached hydrogen (secondary N) is 1. The van der Waals surface area contributed by atoms with Gasteiger partial charge in [-0.15, -0.1) is 5.10 Å². The van der Waals surface area contributed by atoms with Crippen molar-refractivity contribution >= 4 is 16.0 Å². The molecule has 0 radical (unpaired) electrons. The molecule has 1 unspecified atom stereocenters. The minimum atomic E-state index is -3.76. The molecule has 1 heterocycles. The maximum Gasteiger partial charge on any atom is 0.329 e. The van der Waals surface area contributed by atoms with Gasteiger partial charge in [-0.3, -0.25) is 0 Å². The SMILES string of the molecule is Cc1nnc(NS(=O)(=O)C(C)C#N)o1. The summed E-state index contributed by atoms with van der Waals surface area (Å²) in [6, 6.07) is 1.36. The molecule has 0 bridgehead atoms. The lowest BCUT2D eigenvalue weighted by Crippen LogP contribution is -2.23. The fraction of sp³-hybridized carbons (Fsp3) is 0.500. The molecule has 0 aromatic carbocycles. The second-order valence-corrected chi connectivity index (χ2v) is 4.55. The van der Waals surface area contributed by atoms with E-state index >= 15 is 0 Å². The van der Waals surface area contributed by atoms with Gasteiger partial charge in [0.1, 0.15) is 0 Å². The number of sulfonamides is 1. The van der Waals surface area contributed by atoms with Gasteiger partial charge in [0, 0.05) is 6.92 Å². The third-order valence-corrected chi connectivity index (χ3v) is 2.90. The van der Waals surface area contributed by atoms with Crippen LogP contribution in [0.25, 0.3) is 0 Å². The molecule has 14 heavy (non-hydrogen) atoms. The zero-order chi connectivity index (χ0) is 10.8. The average molecular weight is 216 g/mol. The molecule has 1 aromatic rings. The van der Waals surface area contributed by atoms with Crippen LogP contribution in [0, 0.1) is 18.3 Å². The molecular weight excluding hydrogens is 208 g/mol. The zero-order valence-electron chi connectivity index (χ0n) is 7.55. The number of aromatic nitrogens is 2. The molecule has 0 saturated carbocycles. The van der Waals surface area contributed by atoms with Crippen LogP contribution >= 0.6 is 0 Å². The van der Waals surface area contributed by atoms with Crippen LogP contribution in [0.2, 0.25) is 0 Å². The van der Waals surface area contributed by atoms with Crippen molar-refractivity contribution in [1.82, 2.24) is 10.2 Å². The number of hydrogen-bond acceptors (Lipinski definition) is 6. The van der Waals surface area contributed by atoms with Gasteiger partial charge < -0.3 is 4.42 Å². The molecule has 1 N–H and O–H groups in total. The van der Waals surface area contributed by atoms with Crippen molar-refractivity contribution in [2.75, 3.05) is 4.72 Å². The lowest BCUT2D eigenvalue weighted by molar-refractivity contribution is 0.534. The Morgan fingerprint density at radius 2 is 2.21 bits per heavy atom. The highest BCUT2D eigenvalue weighted by Gasteiger charge is 2.22. The molecule has 1 aromatic heterocycles. The fourth-order valence-electron chi connectivity index (χ4n) is 0.617. The van der Waals surface area contributed by atoms with Crippen molar-refractivity contribution in [2.24, 2.45) is 0 Å². The zero-order valence-corrected chi connectivity index (χ0v) is 8.37. The van der Waals surface area contributed by atoms with Crippen LogP contribution < -0.4 is 4.72 Å². The lowest BCUT2D eigenvalue weighted by atomic mass is 10.5. The van der Waals surface area contributed by atoms with Crippen LogP contribution in [0.5, 0.6) is 0 Å². The van der Waals surface area contributed by atoms with E-state index < -0.39 is 15.3 Å². The predicted molar refractivity (Wildman–Crippen MR) is 46.7 cm³/mol. The molecular formula is C6H8N4O3S. The molecule has 0 spiro atoms. The van der Waals surface area contributed by atoms with Crippen molar-refractivity contribution < 1.29 is 12.8 Å². The smallest absolute Gasteiger partial charge is 0.329 e. The van der Waals surface area contributed by atoms with E-state index in [1.807, 2.05) is 4.72 Å². The number of nitriles is 1. The number of anilines is 1. The normalized spacial score (nSPS) is 13.2. The number of rotatable bonds is 3. The Labute approximate surface area is 80.8 Å². The van der Waals surface area contributed by atoms with Gasteiger partial charge in [0.15, 0.2) is 5.25 Å². The van der Waals surface area contributed by atoms with E-state index in [0.29, 0.717) is 0 Å². The van der Waals surface area contributed by atoms with Gasteiger partial charge in [0.05, 0.1) is 6.07 Å². The molecule has 0 aliphatic rings. The minimum absolute atomic E-state index is 0.232. The van der Waals surface area contributed by atoms with Gasteiger partial charge in [-0.05, 0) is 6.92 Å². The summed E-state index contributed by atoms with van der Waals surface area (Å²) in [4.78, 5) is 0. The van der Waals surface area contributed by atoms with Crippen molar-refractivity contribution in [2.45, 2.75) is 19.1 Å². The molecule has 0 fully saturated rings. The van der Waals surface area contributed by atoms with Crippen LogP contribution in [0.15, 0.2) is 4.42 Å². The van der Waals surface area contributed by atoms with E-state index in [1.54, 1.807) is 6.07 Å². The predicted octanol–water partition coefficient (Wildman–Crippen LogP) is 0.0318. The molecule has 0 aliphatic carbocycles. The first kappa shape index (κ1) is 10.5. The first-order valence-corrected chi connectivity index (χ1v) is 5.21. The molecule has 1 atom stereocenters. The fourth-order valence-corrected chi connectivity index (χ4v) is 1.26. The van der Waals surface area contributed by atoms with Gasteiger partial charge in [0.25, 0.3) is 10.0 Å². The topological polar surface area (TPSA) is 109 Å². The highest BCUT2D eigenvalue weighted by atomic mass is 32.2.